The van der Waals surface area contributed by atoms with Gasteiger partial charge in [0, 0.05) is 50.8 Å². The van der Waals surface area contributed by atoms with Gasteiger partial charge in [-0.3, -0.25) is 4.79 Å². The molecular formula is C19H27ClN4O5S. The molecule has 0 bridgehead atoms. The molecule has 3 rings (SSSR count). The predicted molar refractivity (Wildman–Crippen MR) is 113 cm³/mol. The van der Waals surface area contributed by atoms with Crippen LogP contribution < -0.4 is 5.32 Å². The quantitative estimate of drug-likeness (QED) is 0.665. The SMILES string of the molecule is O=C(Cc1ccccc1Cl)N1CCN(C(=O)NCCS(=O)(=O)N2CCOCC2)CC1. The van der Waals surface area contributed by atoms with Crippen molar-refractivity contribution in [3.05, 3.63) is 34.9 Å². The number of urea groups is 1. The number of ether oxygens (including phenoxy) is 1. The summed E-state index contributed by atoms with van der Waals surface area (Å²) in [4.78, 5) is 28.2. The Morgan fingerprint density at radius 1 is 1.00 bits per heavy atom. The zero-order valence-electron chi connectivity index (χ0n) is 16.8. The van der Waals surface area contributed by atoms with Gasteiger partial charge in [-0.15, -0.1) is 0 Å². The lowest BCUT2D eigenvalue weighted by Gasteiger charge is -2.35. The number of carbonyl (C=O) groups is 2. The summed E-state index contributed by atoms with van der Waals surface area (Å²) in [7, 11) is -3.41. The summed E-state index contributed by atoms with van der Waals surface area (Å²) in [6, 6.07) is 6.93. The predicted octanol–water partition coefficient (Wildman–Crippen LogP) is 0.398. The van der Waals surface area contributed by atoms with E-state index < -0.39 is 10.0 Å². The van der Waals surface area contributed by atoms with E-state index in [2.05, 4.69) is 5.32 Å². The monoisotopic (exact) mass is 458 g/mol. The summed E-state index contributed by atoms with van der Waals surface area (Å²) in [6.45, 7) is 3.19. The number of nitrogens with zero attached hydrogens (tertiary/aromatic N) is 3. The number of nitrogens with one attached hydrogen (secondary N) is 1. The Hall–Kier alpha value is -1.88. The number of rotatable bonds is 6. The first-order valence-electron chi connectivity index (χ1n) is 9.96. The van der Waals surface area contributed by atoms with E-state index in [1.807, 2.05) is 18.2 Å². The molecule has 3 amide bonds. The van der Waals surface area contributed by atoms with Crippen molar-refractivity contribution in [1.29, 1.82) is 0 Å². The van der Waals surface area contributed by atoms with Crippen LogP contribution in [0.1, 0.15) is 5.56 Å². The van der Waals surface area contributed by atoms with Crippen molar-refractivity contribution in [3.8, 4) is 0 Å². The topological polar surface area (TPSA) is 99.3 Å². The van der Waals surface area contributed by atoms with Gasteiger partial charge in [0.1, 0.15) is 0 Å². The van der Waals surface area contributed by atoms with Crippen molar-refractivity contribution in [2.75, 3.05) is 64.8 Å². The summed E-state index contributed by atoms with van der Waals surface area (Å²) < 4.78 is 31.1. The van der Waals surface area contributed by atoms with E-state index in [0.29, 0.717) is 57.5 Å². The second-order valence-electron chi connectivity index (χ2n) is 7.20. The Morgan fingerprint density at radius 2 is 1.63 bits per heavy atom. The minimum atomic E-state index is -3.41. The first kappa shape index (κ1) is 22.8. The summed E-state index contributed by atoms with van der Waals surface area (Å²) >= 11 is 6.12. The standard InChI is InChI=1S/C19H27ClN4O5S/c20-17-4-2-1-3-16(17)15-18(25)22-6-8-23(9-7-22)19(26)21-5-14-30(27,28)24-10-12-29-13-11-24/h1-4H,5-15H2,(H,21,26). The number of benzene rings is 1. The van der Waals surface area contributed by atoms with E-state index in [1.54, 1.807) is 15.9 Å². The minimum Gasteiger partial charge on any atom is -0.379 e. The molecule has 9 nitrogen and oxygen atoms in total. The summed E-state index contributed by atoms with van der Waals surface area (Å²) in [5.74, 6) is -0.172. The van der Waals surface area contributed by atoms with Crippen LogP contribution in [-0.2, 0) is 26.0 Å². The average Bonchev–Trinajstić information content (AvgIpc) is 2.76. The molecule has 2 heterocycles. The third-order valence-corrected chi connectivity index (χ3v) is 7.46. The maximum atomic E-state index is 12.5. The van der Waals surface area contributed by atoms with Crippen LogP contribution in [0.15, 0.2) is 24.3 Å². The molecule has 2 aliphatic heterocycles. The third-order valence-electron chi connectivity index (χ3n) is 5.22. The smallest absolute Gasteiger partial charge is 0.317 e. The van der Waals surface area contributed by atoms with Crippen LogP contribution in [0.25, 0.3) is 0 Å². The summed E-state index contributed by atoms with van der Waals surface area (Å²) in [6.07, 6.45) is 0.227. The molecule has 0 atom stereocenters. The zero-order chi connectivity index (χ0) is 21.6. The van der Waals surface area contributed by atoms with Gasteiger partial charge in [0.05, 0.1) is 25.4 Å². The molecule has 0 unspecified atom stereocenters. The van der Waals surface area contributed by atoms with E-state index in [9.17, 15) is 18.0 Å². The molecule has 0 aromatic heterocycles. The van der Waals surface area contributed by atoms with E-state index in [0.717, 1.165) is 5.56 Å². The first-order chi connectivity index (χ1) is 14.4. The fraction of sp³-hybridized carbons (Fsp3) is 0.579. The molecule has 2 saturated heterocycles. The van der Waals surface area contributed by atoms with Gasteiger partial charge < -0.3 is 19.9 Å². The van der Waals surface area contributed by atoms with Gasteiger partial charge in [-0.1, -0.05) is 29.8 Å². The number of hydrogen-bond acceptors (Lipinski definition) is 5. The molecule has 166 valence electrons. The maximum Gasteiger partial charge on any atom is 0.317 e. The number of halogens is 1. The maximum absolute atomic E-state index is 12.5. The third kappa shape index (κ3) is 6.07. The van der Waals surface area contributed by atoms with Gasteiger partial charge in [0.25, 0.3) is 0 Å². The lowest BCUT2D eigenvalue weighted by molar-refractivity contribution is -0.131. The highest BCUT2D eigenvalue weighted by atomic mass is 35.5. The molecule has 1 aromatic carbocycles. The lowest BCUT2D eigenvalue weighted by Crippen LogP contribution is -2.54. The Bertz CT molecular complexity index is 852. The molecule has 2 fully saturated rings. The molecule has 1 N–H and O–H groups in total. The lowest BCUT2D eigenvalue weighted by atomic mass is 10.1. The number of morpholine rings is 1. The van der Waals surface area contributed by atoms with E-state index in [1.165, 1.54) is 4.31 Å². The van der Waals surface area contributed by atoms with Gasteiger partial charge in [0.2, 0.25) is 15.9 Å². The molecular weight excluding hydrogens is 432 g/mol. The molecule has 0 saturated carbocycles. The van der Waals surface area contributed by atoms with Crippen LogP contribution in [-0.4, -0.2) is 99.2 Å². The summed E-state index contributed by atoms with van der Waals surface area (Å²) in [5, 5.41) is 3.23. The van der Waals surface area contributed by atoms with Gasteiger partial charge in [-0.2, -0.15) is 4.31 Å². The van der Waals surface area contributed by atoms with E-state index >= 15 is 0 Å². The average molecular weight is 459 g/mol. The van der Waals surface area contributed by atoms with Crippen molar-refractivity contribution < 1.29 is 22.7 Å². The van der Waals surface area contributed by atoms with Gasteiger partial charge in [0.15, 0.2) is 0 Å². The largest absolute Gasteiger partial charge is 0.379 e. The number of hydrogen-bond donors (Lipinski definition) is 1. The fourth-order valence-electron chi connectivity index (χ4n) is 3.43. The van der Waals surface area contributed by atoms with Crippen LogP contribution >= 0.6 is 11.6 Å². The number of amides is 3. The Labute approximate surface area is 181 Å². The van der Waals surface area contributed by atoms with Crippen LogP contribution in [0.4, 0.5) is 4.79 Å². The van der Waals surface area contributed by atoms with Crippen LogP contribution in [0, 0.1) is 0 Å². The first-order valence-corrected chi connectivity index (χ1v) is 11.9. The normalized spacial score (nSPS) is 18.3. The van der Waals surface area contributed by atoms with Crippen molar-refractivity contribution in [3.63, 3.8) is 0 Å². The van der Waals surface area contributed by atoms with Crippen molar-refractivity contribution in [2.45, 2.75) is 6.42 Å². The Kier molecular flexibility index (Phi) is 7.93. The second kappa shape index (κ2) is 10.4. The Balaban J connectivity index is 1.39. The number of piperazine rings is 1. The molecule has 2 aliphatic rings. The summed E-state index contributed by atoms with van der Waals surface area (Å²) in [5.41, 5.74) is 0.783. The minimum absolute atomic E-state index is 0.0280. The molecule has 0 radical (unpaired) electrons. The highest BCUT2D eigenvalue weighted by Crippen LogP contribution is 2.17. The van der Waals surface area contributed by atoms with Crippen molar-refractivity contribution in [2.24, 2.45) is 0 Å². The highest BCUT2D eigenvalue weighted by Gasteiger charge is 2.26. The van der Waals surface area contributed by atoms with Crippen LogP contribution in [0.3, 0.4) is 0 Å². The van der Waals surface area contributed by atoms with Gasteiger partial charge >= 0.3 is 6.03 Å². The zero-order valence-corrected chi connectivity index (χ0v) is 18.3. The molecule has 30 heavy (non-hydrogen) atoms. The Morgan fingerprint density at radius 3 is 2.30 bits per heavy atom. The van der Waals surface area contributed by atoms with Gasteiger partial charge in [-0.05, 0) is 11.6 Å². The van der Waals surface area contributed by atoms with Crippen LogP contribution in [0.2, 0.25) is 5.02 Å². The van der Waals surface area contributed by atoms with Crippen molar-refractivity contribution >= 4 is 33.6 Å². The molecule has 0 spiro atoms. The number of sulfonamides is 1. The molecule has 11 heteroatoms. The number of carbonyl (C=O) groups excluding carboxylic acids is 2. The van der Waals surface area contributed by atoms with E-state index in [4.69, 9.17) is 16.3 Å². The fourth-order valence-corrected chi connectivity index (χ4v) is 4.95. The van der Waals surface area contributed by atoms with Crippen LogP contribution in [0.5, 0.6) is 0 Å². The second-order valence-corrected chi connectivity index (χ2v) is 9.69. The molecule has 1 aromatic rings. The molecule has 0 aliphatic carbocycles. The highest BCUT2D eigenvalue weighted by molar-refractivity contribution is 7.89. The van der Waals surface area contributed by atoms with E-state index in [-0.39, 0.29) is 30.7 Å². The van der Waals surface area contributed by atoms with Gasteiger partial charge in [-0.25, -0.2) is 13.2 Å². The van der Waals surface area contributed by atoms with Crippen molar-refractivity contribution in [1.82, 2.24) is 19.4 Å².